The number of likely N-dealkylation sites (N-methyl/N-ethyl adjacent to an activating group) is 1. The molecule has 0 aromatic heterocycles. The molecule has 24 heavy (non-hydrogen) atoms. The summed E-state index contributed by atoms with van der Waals surface area (Å²) in [4.78, 5) is 24.9. The van der Waals surface area contributed by atoms with Gasteiger partial charge in [0.1, 0.15) is 0 Å². The van der Waals surface area contributed by atoms with Crippen LogP contribution in [0.2, 0.25) is 0 Å². The highest BCUT2D eigenvalue weighted by Gasteiger charge is 2.35. The van der Waals surface area contributed by atoms with E-state index >= 15 is 0 Å². The van der Waals surface area contributed by atoms with E-state index in [0.717, 1.165) is 32.2 Å². The molecule has 0 saturated heterocycles. The lowest BCUT2D eigenvalue weighted by molar-refractivity contribution is -0.139. The third-order valence-electron chi connectivity index (χ3n) is 5.10. The summed E-state index contributed by atoms with van der Waals surface area (Å²) in [6.07, 6.45) is 3.41. The summed E-state index contributed by atoms with van der Waals surface area (Å²) in [6, 6.07) is 8.75. The first kappa shape index (κ1) is 16.8. The number of hydrogen-bond acceptors (Lipinski definition) is 3. The summed E-state index contributed by atoms with van der Waals surface area (Å²) in [5.41, 5.74) is 2.64. The van der Waals surface area contributed by atoms with Gasteiger partial charge in [-0.15, -0.1) is 0 Å². The number of amides is 2. The van der Waals surface area contributed by atoms with Crippen LogP contribution in [0.1, 0.15) is 30.9 Å². The van der Waals surface area contributed by atoms with E-state index in [1.165, 1.54) is 11.1 Å². The number of rotatable bonds is 6. The number of benzene rings is 1. The van der Waals surface area contributed by atoms with Gasteiger partial charge in [0.25, 0.3) is 0 Å². The van der Waals surface area contributed by atoms with E-state index in [1.54, 1.807) is 0 Å². The van der Waals surface area contributed by atoms with Crippen molar-refractivity contribution in [1.82, 2.24) is 15.5 Å². The zero-order valence-corrected chi connectivity index (χ0v) is 14.0. The highest BCUT2D eigenvalue weighted by atomic mass is 16.4. The first-order valence-electron chi connectivity index (χ1n) is 8.64. The van der Waals surface area contributed by atoms with Crippen LogP contribution in [0, 0.1) is 0 Å². The van der Waals surface area contributed by atoms with Gasteiger partial charge in [-0.25, -0.2) is 4.79 Å². The van der Waals surface area contributed by atoms with Gasteiger partial charge in [0.15, 0.2) is 0 Å². The van der Waals surface area contributed by atoms with Crippen molar-refractivity contribution in [3.05, 3.63) is 35.4 Å². The van der Waals surface area contributed by atoms with Gasteiger partial charge in [-0.2, -0.15) is 0 Å². The maximum Gasteiger partial charge on any atom is 0.317 e. The van der Waals surface area contributed by atoms with Gasteiger partial charge in [0.2, 0.25) is 0 Å². The molecule has 3 rings (SSSR count). The molecular weight excluding hydrogens is 306 g/mol. The Hall–Kier alpha value is -2.08. The van der Waals surface area contributed by atoms with Crippen LogP contribution < -0.4 is 10.6 Å². The number of nitrogens with one attached hydrogen (secondary N) is 2. The Labute approximate surface area is 142 Å². The fraction of sp³-hybridized carbons (Fsp3) is 0.556. The molecule has 0 aliphatic heterocycles. The monoisotopic (exact) mass is 331 g/mol. The van der Waals surface area contributed by atoms with Crippen LogP contribution >= 0.6 is 0 Å². The molecule has 0 radical (unpaired) electrons. The van der Waals surface area contributed by atoms with Crippen molar-refractivity contribution in [2.75, 3.05) is 13.1 Å². The van der Waals surface area contributed by atoms with E-state index in [2.05, 4.69) is 22.8 Å². The third-order valence-corrected chi connectivity index (χ3v) is 5.10. The Morgan fingerprint density at radius 3 is 2.25 bits per heavy atom. The highest BCUT2D eigenvalue weighted by molar-refractivity contribution is 5.75. The number of aliphatic carboxylic acids is 1. The zero-order chi connectivity index (χ0) is 17.1. The number of urea groups is 1. The van der Waals surface area contributed by atoms with Gasteiger partial charge in [-0.3, -0.25) is 9.69 Å². The van der Waals surface area contributed by atoms with Crippen LogP contribution in [0.5, 0.6) is 0 Å². The van der Waals surface area contributed by atoms with Crippen molar-refractivity contribution in [2.24, 2.45) is 0 Å². The van der Waals surface area contributed by atoms with Crippen molar-refractivity contribution in [3.63, 3.8) is 0 Å². The van der Waals surface area contributed by atoms with Crippen LogP contribution in [-0.2, 0) is 17.6 Å². The lowest BCUT2D eigenvalue weighted by atomic mass is 9.85. The van der Waals surface area contributed by atoms with Crippen molar-refractivity contribution in [2.45, 2.75) is 50.7 Å². The first-order valence-corrected chi connectivity index (χ1v) is 8.64. The Bertz CT molecular complexity index is 588. The number of nitrogens with zero attached hydrogens (tertiary/aromatic N) is 1. The molecule has 1 aromatic carbocycles. The quantitative estimate of drug-likeness (QED) is 0.736. The molecule has 0 bridgehead atoms. The second-order valence-corrected chi connectivity index (χ2v) is 6.77. The van der Waals surface area contributed by atoms with E-state index in [4.69, 9.17) is 5.11 Å². The minimum atomic E-state index is -0.799. The summed E-state index contributed by atoms with van der Waals surface area (Å²) in [5.74, 6) is -0.799. The Kier molecular flexibility index (Phi) is 5.04. The normalized spacial score (nSPS) is 22.8. The van der Waals surface area contributed by atoms with E-state index < -0.39 is 5.97 Å². The molecule has 0 spiro atoms. The average Bonchev–Trinajstić information content (AvgIpc) is 2.90. The van der Waals surface area contributed by atoms with Gasteiger partial charge < -0.3 is 15.7 Å². The standard InChI is InChI=1S/C18H25N3O3/c1-2-21(11-17(22)23)16-9-15(10-16)20-18(24)19-14-7-12-5-3-4-6-13(12)8-14/h3-6,14-16H,2,7-11H2,1H3,(H,22,23)(H2,19,20,24). The van der Waals surface area contributed by atoms with E-state index in [1.807, 2.05) is 24.0 Å². The third kappa shape index (κ3) is 3.87. The minimum absolute atomic E-state index is 0.0699. The van der Waals surface area contributed by atoms with Crippen LogP contribution in [0.3, 0.4) is 0 Å². The van der Waals surface area contributed by atoms with Crippen LogP contribution in [0.4, 0.5) is 4.79 Å². The van der Waals surface area contributed by atoms with Gasteiger partial charge in [-0.1, -0.05) is 31.2 Å². The summed E-state index contributed by atoms with van der Waals surface area (Å²) >= 11 is 0. The van der Waals surface area contributed by atoms with Gasteiger partial charge in [0.05, 0.1) is 6.54 Å². The molecule has 2 aliphatic rings. The highest BCUT2D eigenvalue weighted by Crippen LogP contribution is 2.26. The van der Waals surface area contributed by atoms with E-state index in [-0.39, 0.29) is 30.7 Å². The number of hydrogen-bond donors (Lipinski definition) is 3. The predicted octanol–water partition coefficient (Wildman–Crippen LogP) is 1.39. The number of carbonyl (C=O) groups is 2. The Balaban J connectivity index is 1.39. The molecule has 6 nitrogen and oxygen atoms in total. The van der Waals surface area contributed by atoms with Crippen molar-refractivity contribution >= 4 is 12.0 Å². The molecular formula is C18H25N3O3. The minimum Gasteiger partial charge on any atom is -0.480 e. The molecule has 0 atom stereocenters. The number of fused-ring (bicyclic) bond motifs is 1. The predicted molar refractivity (Wildman–Crippen MR) is 91.0 cm³/mol. The summed E-state index contributed by atoms with van der Waals surface area (Å²) in [5, 5.41) is 15.0. The lowest BCUT2D eigenvalue weighted by Crippen LogP contribution is -2.57. The van der Waals surface area contributed by atoms with Gasteiger partial charge in [0, 0.05) is 18.1 Å². The molecule has 1 saturated carbocycles. The molecule has 2 aliphatic carbocycles. The van der Waals surface area contributed by atoms with Crippen LogP contribution in [0.15, 0.2) is 24.3 Å². The summed E-state index contributed by atoms with van der Waals surface area (Å²) in [6.45, 7) is 2.75. The second-order valence-electron chi connectivity index (χ2n) is 6.77. The van der Waals surface area contributed by atoms with E-state index in [0.29, 0.717) is 0 Å². The molecule has 1 fully saturated rings. The Morgan fingerprint density at radius 2 is 1.71 bits per heavy atom. The smallest absolute Gasteiger partial charge is 0.317 e. The molecule has 2 amide bonds. The van der Waals surface area contributed by atoms with Crippen LogP contribution in [-0.4, -0.2) is 53.2 Å². The van der Waals surface area contributed by atoms with Gasteiger partial charge in [-0.05, 0) is 43.4 Å². The molecule has 1 aromatic rings. The summed E-state index contributed by atoms with van der Waals surface area (Å²) in [7, 11) is 0. The largest absolute Gasteiger partial charge is 0.480 e. The van der Waals surface area contributed by atoms with Crippen molar-refractivity contribution in [3.8, 4) is 0 Å². The fourth-order valence-electron chi connectivity index (χ4n) is 3.75. The molecule has 6 heteroatoms. The summed E-state index contributed by atoms with van der Waals surface area (Å²) < 4.78 is 0. The SMILES string of the molecule is CCN(CC(=O)O)C1CC(NC(=O)NC2Cc3ccccc3C2)C1. The molecule has 0 heterocycles. The van der Waals surface area contributed by atoms with Crippen molar-refractivity contribution in [1.29, 1.82) is 0 Å². The van der Waals surface area contributed by atoms with Crippen molar-refractivity contribution < 1.29 is 14.7 Å². The molecule has 3 N–H and O–H groups in total. The maximum atomic E-state index is 12.1. The van der Waals surface area contributed by atoms with Crippen LogP contribution in [0.25, 0.3) is 0 Å². The molecule has 0 unspecified atom stereocenters. The first-order chi connectivity index (χ1) is 11.5. The topological polar surface area (TPSA) is 81.7 Å². The number of carboxylic acids is 1. The molecule has 130 valence electrons. The number of carboxylic acid groups (broad SMARTS) is 1. The second kappa shape index (κ2) is 7.21. The average molecular weight is 331 g/mol. The number of carbonyl (C=O) groups excluding carboxylic acids is 1. The fourth-order valence-corrected chi connectivity index (χ4v) is 3.75. The maximum absolute atomic E-state index is 12.1. The Morgan fingerprint density at radius 1 is 1.12 bits per heavy atom. The lowest BCUT2D eigenvalue weighted by Gasteiger charge is -2.42. The zero-order valence-electron chi connectivity index (χ0n) is 14.0. The van der Waals surface area contributed by atoms with Gasteiger partial charge >= 0.3 is 12.0 Å². The van der Waals surface area contributed by atoms with E-state index in [9.17, 15) is 9.59 Å².